The quantitative estimate of drug-likeness (QED) is 0.657. The molecule has 1 heterocycles. The van der Waals surface area contributed by atoms with Crippen molar-refractivity contribution in [1.82, 2.24) is 0 Å². The maximum Gasteiger partial charge on any atom is 0.210 e. The molecule has 0 aromatic heterocycles. The molecule has 5 saturated carbocycles. The average molecular weight is 402 g/mol. The molecule has 6 aliphatic rings. The van der Waals surface area contributed by atoms with Crippen molar-refractivity contribution in [2.75, 3.05) is 0 Å². The molecule has 3 N–H and O–H groups in total. The number of benzene rings is 1. The molecule has 0 amide bonds. The van der Waals surface area contributed by atoms with Crippen molar-refractivity contribution in [2.24, 2.45) is 17.8 Å². The summed E-state index contributed by atoms with van der Waals surface area (Å²) >= 11 is 0. The third kappa shape index (κ3) is 2.73. The SMILES string of the molecule is OCc1cc(C2CCC3(CC2)OOC2(O3)C3CC4CC2CC(O)(C4)C3)ccc1O. The fourth-order valence-electron chi connectivity index (χ4n) is 7.22. The van der Waals surface area contributed by atoms with E-state index in [9.17, 15) is 15.3 Å². The van der Waals surface area contributed by atoms with Gasteiger partial charge in [-0.25, -0.2) is 0 Å². The Kier molecular flexibility index (Phi) is 3.95. The van der Waals surface area contributed by atoms with Crippen LogP contribution in [0.2, 0.25) is 0 Å². The van der Waals surface area contributed by atoms with Gasteiger partial charge >= 0.3 is 0 Å². The van der Waals surface area contributed by atoms with Crippen LogP contribution in [0.4, 0.5) is 0 Å². The lowest BCUT2D eigenvalue weighted by molar-refractivity contribution is -0.397. The van der Waals surface area contributed by atoms with E-state index < -0.39 is 17.2 Å². The molecule has 6 heteroatoms. The largest absolute Gasteiger partial charge is 0.508 e. The molecular weight excluding hydrogens is 372 g/mol. The zero-order valence-electron chi connectivity index (χ0n) is 16.7. The Bertz CT molecular complexity index is 798. The molecule has 1 aliphatic heterocycles. The van der Waals surface area contributed by atoms with Gasteiger partial charge < -0.3 is 20.1 Å². The highest BCUT2D eigenvalue weighted by atomic mass is 17.3. The second-order valence-electron chi connectivity index (χ2n) is 10.3. The fraction of sp³-hybridized carbons (Fsp3) is 0.739. The van der Waals surface area contributed by atoms with Crippen LogP contribution >= 0.6 is 0 Å². The minimum atomic E-state index is -0.675. The van der Waals surface area contributed by atoms with Crippen LogP contribution in [0.1, 0.15) is 74.8 Å². The van der Waals surface area contributed by atoms with Gasteiger partial charge in [0.1, 0.15) is 5.75 Å². The Labute approximate surface area is 170 Å². The first-order valence-electron chi connectivity index (χ1n) is 11.1. The lowest BCUT2D eigenvalue weighted by atomic mass is 9.51. The van der Waals surface area contributed by atoms with E-state index >= 15 is 0 Å². The molecule has 4 bridgehead atoms. The second-order valence-corrected chi connectivity index (χ2v) is 10.3. The van der Waals surface area contributed by atoms with Gasteiger partial charge in [-0.15, -0.1) is 0 Å². The van der Waals surface area contributed by atoms with Gasteiger partial charge in [0.25, 0.3) is 0 Å². The Morgan fingerprint density at radius 1 is 1.00 bits per heavy atom. The molecule has 1 saturated heterocycles. The first-order valence-corrected chi connectivity index (χ1v) is 11.1. The van der Waals surface area contributed by atoms with Crippen LogP contribution in [-0.4, -0.2) is 32.5 Å². The van der Waals surface area contributed by atoms with Crippen molar-refractivity contribution < 1.29 is 29.8 Å². The van der Waals surface area contributed by atoms with Gasteiger partial charge in [0, 0.05) is 30.2 Å². The Morgan fingerprint density at radius 2 is 1.72 bits per heavy atom. The Hall–Kier alpha value is -1.18. The molecule has 29 heavy (non-hydrogen) atoms. The number of hydrogen-bond donors (Lipinski definition) is 3. The molecule has 158 valence electrons. The molecule has 6 nitrogen and oxygen atoms in total. The summed E-state index contributed by atoms with van der Waals surface area (Å²) in [6, 6.07) is 5.53. The predicted molar refractivity (Wildman–Crippen MR) is 102 cm³/mol. The minimum Gasteiger partial charge on any atom is -0.508 e. The van der Waals surface area contributed by atoms with Gasteiger partial charge in [0.05, 0.1) is 12.2 Å². The van der Waals surface area contributed by atoms with Gasteiger partial charge in [-0.1, -0.05) is 6.07 Å². The number of phenols is 1. The molecule has 2 spiro atoms. The standard InChI is InChI=1S/C23H30O6/c24-13-17-9-16(1-2-20(17)25)15-3-5-22(6-4-15)27-23(29-28-22)18-7-14-8-19(23)12-21(26,10-14)11-18/h1-2,9,14-15,18-19,24-26H,3-8,10-13H2. The van der Waals surface area contributed by atoms with Crippen molar-refractivity contribution in [2.45, 2.75) is 87.5 Å². The van der Waals surface area contributed by atoms with Crippen LogP contribution in [0, 0.1) is 17.8 Å². The number of rotatable bonds is 2. The van der Waals surface area contributed by atoms with E-state index in [-0.39, 0.29) is 24.2 Å². The van der Waals surface area contributed by atoms with Crippen LogP contribution in [0.5, 0.6) is 5.75 Å². The van der Waals surface area contributed by atoms with E-state index in [4.69, 9.17) is 14.5 Å². The highest BCUT2D eigenvalue weighted by Crippen LogP contribution is 2.65. The summed E-state index contributed by atoms with van der Waals surface area (Å²) in [4.78, 5) is 12.0. The van der Waals surface area contributed by atoms with Gasteiger partial charge in [-0.05, 0) is 74.5 Å². The molecule has 0 radical (unpaired) electrons. The average Bonchev–Trinajstić information content (AvgIpc) is 3.06. The number of aliphatic hydroxyl groups excluding tert-OH is 1. The van der Waals surface area contributed by atoms with E-state index in [2.05, 4.69) is 0 Å². The first-order chi connectivity index (χ1) is 13.9. The zero-order valence-corrected chi connectivity index (χ0v) is 16.7. The summed E-state index contributed by atoms with van der Waals surface area (Å²) in [6.45, 7) is -0.158. The van der Waals surface area contributed by atoms with Gasteiger partial charge in [-0.2, -0.15) is 9.78 Å². The van der Waals surface area contributed by atoms with E-state index in [1.165, 1.54) is 0 Å². The highest BCUT2D eigenvalue weighted by molar-refractivity contribution is 5.37. The molecule has 1 aromatic rings. The molecular formula is C23H30O6. The number of aliphatic hydroxyl groups is 2. The summed E-state index contributed by atoms with van der Waals surface area (Å²) in [5.74, 6) is 0.196. The summed E-state index contributed by atoms with van der Waals surface area (Å²) in [5.41, 5.74) is 1.20. The highest BCUT2D eigenvalue weighted by Gasteiger charge is 2.69. The number of ether oxygens (including phenoxy) is 1. The first kappa shape index (κ1) is 18.6. The normalized spacial score (nSPS) is 48.1. The molecule has 7 rings (SSSR count). The topological polar surface area (TPSA) is 88.4 Å². The van der Waals surface area contributed by atoms with Crippen LogP contribution in [0.15, 0.2) is 18.2 Å². The summed E-state index contributed by atoms with van der Waals surface area (Å²) < 4.78 is 6.71. The van der Waals surface area contributed by atoms with Crippen molar-refractivity contribution in [3.63, 3.8) is 0 Å². The van der Waals surface area contributed by atoms with E-state index in [0.717, 1.165) is 63.4 Å². The molecule has 2 atom stereocenters. The lowest BCUT2D eigenvalue weighted by Gasteiger charge is -2.60. The third-order valence-electron chi connectivity index (χ3n) is 8.46. The van der Waals surface area contributed by atoms with Crippen molar-refractivity contribution in [1.29, 1.82) is 0 Å². The van der Waals surface area contributed by atoms with Gasteiger partial charge in [0.2, 0.25) is 11.6 Å². The number of aromatic hydroxyl groups is 1. The third-order valence-corrected chi connectivity index (χ3v) is 8.46. The maximum atomic E-state index is 10.9. The van der Waals surface area contributed by atoms with Gasteiger partial charge in [0.15, 0.2) is 0 Å². The van der Waals surface area contributed by atoms with Crippen LogP contribution in [-0.2, 0) is 21.1 Å². The molecule has 2 unspecified atom stereocenters. The summed E-state index contributed by atoms with van der Waals surface area (Å²) in [6.07, 6.45) is 7.96. The molecule has 5 aliphatic carbocycles. The monoisotopic (exact) mass is 402 g/mol. The Balaban J connectivity index is 1.18. The number of hydrogen-bond acceptors (Lipinski definition) is 6. The smallest absolute Gasteiger partial charge is 0.210 e. The van der Waals surface area contributed by atoms with Crippen molar-refractivity contribution in [3.8, 4) is 5.75 Å². The second kappa shape index (κ2) is 6.17. The minimum absolute atomic E-state index is 0.143. The predicted octanol–water partition coefficient (Wildman–Crippen LogP) is 3.48. The molecule has 6 fully saturated rings. The summed E-state index contributed by atoms with van der Waals surface area (Å²) in [5, 5.41) is 30.1. The van der Waals surface area contributed by atoms with Crippen LogP contribution < -0.4 is 0 Å². The van der Waals surface area contributed by atoms with Crippen LogP contribution in [0.25, 0.3) is 0 Å². The summed E-state index contributed by atoms with van der Waals surface area (Å²) in [7, 11) is 0. The zero-order chi connectivity index (χ0) is 19.9. The lowest BCUT2D eigenvalue weighted by Crippen LogP contribution is -2.64. The maximum absolute atomic E-state index is 10.9. The van der Waals surface area contributed by atoms with Crippen LogP contribution in [0.3, 0.4) is 0 Å². The van der Waals surface area contributed by atoms with E-state index in [0.29, 0.717) is 17.4 Å². The van der Waals surface area contributed by atoms with Gasteiger partial charge in [-0.3, -0.25) is 0 Å². The Morgan fingerprint density at radius 3 is 2.38 bits per heavy atom. The van der Waals surface area contributed by atoms with E-state index in [1.807, 2.05) is 12.1 Å². The van der Waals surface area contributed by atoms with E-state index in [1.54, 1.807) is 6.07 Å². The fourth-order valence-corrected chi connectivity index (χ4v) is 7.22. The molecule has 1 aromatic carbocycles. The van der Waals surface area contributed by atoms with Crippen molar-refractivity contribution >= 4 is 0 Å². The van der Waals surface area contributed by atoms with Crippen molar-refractivity contribution in [3.05, 3.63) is 29.3 Å².